The van der Waals surface area contributed by atoms with Crippen LogP contribution in [-0.2, 0) is 0 Å². The smallest absolute Gasteiger partial charge is 0.255 e. The quantitative estimate of drug-likeness (QED) is 0.393. The summed E-state index contributed by atoms with van der Waals surface area (Å²) in [6.45, 7) is 0.220. The maximum absolute atomic E-state index is 13.8. The van der Waals surface area contributed by atoms with Gasteiger partial charge in [-0.15, -0.1) is 15.3 Å². The van der Waals surface area contributed by atoms with Crippen LogP contribution in [0.15, 0.2) is 48.5 Å². The largest absolute Gasteiger partial charge is 0.493 e. The topological polar surface area (TPSA) is 99.9 Å². The van der Waals surface area contributed by atoms with Crippen LogP contribution in [0.2, 0.25) is 5.02 Å². The van der Waals surface area contributed by atoms with Crippen molar-refractivity contribution in [2.24, 2.45) is 0 Å². The third kappa shape index (κ3) is 4.65. The zero-order chi connectivity index (χ0) is 23.4. The summed E-state index contributed by atoms with van der Waals surface area (Å²) in [5.41, 5.74) is 1.04. The van der Waals surface area contributed by atoms with E-state index < -0.39 is 11.7 Å². The molecular formula is C22H19ClFN5O4. The number of methoxy groups -OCH3 is 2. The van der Waals surface area contributed by atoms with Crippen molar-refractivity contribution in [1.29, 1.82) is 0 Å². The third-order valence-electron chi connectivity index (χ3n) is 4.71. The van der Waals surface area contributed by atoms with Crippen molar-refractivity contribution in [3.63, 3.8) is 0 Å². The summed E-state index contributed by atoms with van der Waals surface area (Å²) in [5.74, 6) is 0.597. The molecule has 0 saturated carbocycles. The monoisotopic (exact) mass is 471 g/mol. The van der Waals surface area contributed by atoms with Gasteiger partial charge in [-0.25, -0.2) is 4.39 Å². The molecule has 0 radical (unpaired) electrons. The molecule has 1 amide bonds. The lowest BCUT2D eigenvalue weighted by molar-refractivity contribution is 0.0942. The normalized spacial score (nSPS) is 10.8. The molecule has 0 unspecified atom stereocenters. The number of fused-ring (bicyclic) bond motifs is 1. The van der Waals surface area contributed by atoms with Crippen LogP contribution in [0.25, 0.3) is 17.0 Å². The summed E-state index contributed by atoms with van der Waals surface area (Å²) in [7, 11) is 3.11. The van der Waals surface area contributed by atoms with Gasteiger partial charge in [0.2, 0.25) is 5.88 Å². The summed E-state index contributed by atoms with van der Waals surface area (Å²) in [6, 6.07) is 12.7. The molecule has 170 valence electrons. The highest BCUT2D eigenvalue weighted by atomic mass is 35.5. The lowest BCUT2D eigenvalue weighted by Crippen LogP contribution is -2.29. The Morgan fingerprint density at radius 2 is 1.91 bits per heavy atom. The first-order valence-electron chi connectivity index (χ1n) is 9.81. The van der Waals surface area contributed by atoms with Crippen LogP contribution >= 0.6 is 11.6 Å². The zero-order valence-corrected chi connectivity index (χ0v) is 18.5. The average molecular weight is 472 g/mol. The van der Waals surface area contributed by atoms with Gasteiger partial charge in [-0.3, -0.25) is 4.79 Å². The second kappa shape index (κ2) is 9.70. The van der Waals surface area contributed by atoms with Crippen LogP contribution in [0.3, 0.4) is 0 Å². The fourth-order valence-electron chi connectivity index (χ4n) is 3.13. The number of carbonyl (C=O) groups is 1. The zero-order valence-electron chi connectivity index (χ0n) is 17.7. The Hall–Kier alpha value is -3.92. The Bertz CT molecular complexity index is 1290. The van der Waals surface area contributed by atoms with E-state index in [2.05, 4.69) is 20.6 Å². The first-order valence-corrected chi connectivity index (χ1v) is 10.2. The van der Waals surface area contributed by atoms with E-state index in [1.54, 1.807) is 38.5 Å². The van der Waals surface area contributed by atoms with Gasteiger partial charge < -0.3 is 19.5 Å². The second-order valence-corrected chi connectivity index (χ2v) is 7.14. The Morgan fingerprint density at radius 1 is 1.09 bits per heavy atom. The number of amides is 1. The molecule has 11 heteroatoms. The van der Waals surface area contributed by atoms with Gasteiger partial charge in [0.1, 0.15) is 12.4 Å². The van der Waals surface area contributed by atoms with Crippen molar-refractivity contribution >= 4 is 23.2 Å². The van der Waals surface area contributed by atoms with E-state index in [1.165, 1.54) is 22.7 Å². The van der Waals surface area contributed by atoms with Gasteiger partial charge in [0, 0.05) is 11.6 Å². The number of nitrogens with zero attached hydrogens (tertiary/aromatic N) is 4. The van der Waals surface area contributed by atoms with Crippen molar-refractivity contribution in [1.82, 2.24) is 25.1 Å². The van der Waals surface area contributed by atoms with E-state index in [0.29, 0.717) is 28.9 Å². The van der Waals surface area contributed by atoms with Gasteiger partial charge in [0.15, 0.2) is 23.0 Å². The van der Waals surface area contributed by atoms with E-state index in [4.69, 9.17) is 25.8 Å². The minimum absolute atomic E-state index is 0.0378. The number of halogens is 2. The highest BCUT2D eigenvalue weighted by Crippen LogP contribution is 2.31. The molecule has 0 fully saturated rings. The molecule has 0 aliphatic carbocycles. The van der Waals surface area contributed by atoms with Crippen molar-refractivity contribution in [2.75, 3.05) is 27.4 Å². The van der Waals surface area contributed by atoms with Crippen LogP contribution in [0.5, 0.6) is 17.4 Å². The van der Waals surface area contributed by atoms with E-state index in [-0.39, 0.29) is 23.7 Å². The number of rotatable bonds is 8. The second-order valence-electron chi connectivity index (χ2n) is 6.74. The predicted molar refractivity (Wildman–Crippen MR) is 119 cm³/mol. The van der Waals surface area contributed by atoms with Crippen LogP contribution in [0, 0.1) is 5.82 Å². The minimum atomic E-state index is -0.691. The summed E-state index contributed by atoms with van der Waals surface area (Å²) in [5, 5.41) is 15.3. The molecule has 0 bridgehead atoms. The number of hydrogen-bond acceptors (Lipinski definition) is 7. The van der Waals surface area contributed by atoms with Gasteiger partial charge in [-0.05, 0) is 36.4 Å². The fraction of sp³-hybridized carbons (Fsp3) is 0.182. The third-order valence-corrected chi connectivity index (χ3v) is 5.02. The van der Waals surface area contributed by atoms with Gasteiger partial charge in [-0.1, -0.05) is 17.7 Å². The van der Waals surface area contributed by atoms with Gasteiger partial charge in [0.25, 0.3) is 5.91 Å². The number of aromatic nitrogens is 4. The molecule has 2 aromatic heterocycles. The SMILES string of the molecule is COc1ccc(-c2nnc3ccc(OCCNC(=O)c4c(F)cccc4Cl)nn23)cc1OC. The predicted octanol–water partition coefficient (Wildman–Crippen LogP) is 3.41. The maximum atomic E-state index is 13.8. The maximum Gasteiger partial charge on any atom is 0.255 e. The van der Waals surface area contributed by atoms with Crippen molar-refractivity contribution in [3.05, 3.63) is 64.9 Å². The number of hydrogen-bond donors (Lipinski definition) is 1. The van der Waals surface area contributed by atoms with E-state index in [9.17, 15) is 9.18 Å². The highest BCUT2D eigenvalue weighted by molar-refractivity contribution is 6.33. The summed E-state index contributed by atoms with van der Waals surface area (Å²) >= 11 is 5.91. The number of benzene rings is 2. The van der Waals surface area contributed by atoms with Gasteiger partial charge in [0.05, 0.1) is 31.4 Å². The Balaban J connectivity index is 1.45. The molecule has 0 aliphatic rings. The van der Waals surface area contributed by atoms with Crippen molar-refractivity contribution in [2.45, 2.75) is 0 Å². The first-order chi connectivity index (χ1) is 16.0. The standard InChI is InChI=1S/C22H19ClFN5O4/c1-31-16-7-6-13(12-17(16)32-2)21-27-26-18-8-9-19(28-29(18)21)33-11-10-25-22(30)20-14(23)4-3-5-15(20)24/h3-9,12H,10-11H2,1-2H3,(H,25,30). The van der Waals surface area contributed by atoms with Crippen LogP contribution in [0.1, 0.15) is 10.4 Å². The lowest BCUT2D eigenvalue weighted by Gasteiger charge is -2.10. The molecule has 0 saturated heterocycles. The summed E-state index contributed by atoms with van der Waals surface area (Å²) in [6.07, 6.45) is 0. The number of nitrogens with one attached hydrogen (secondary N) is 1. The fourth-order valence-corrected chi connectivity index (χ4v) is 3.38. The van der Waals surface area contributed by atoms with E-state index in [0.717, 1.165) is 5.56 Å². The van der Waals surface area contributed by atoms with Crippen LogP contribution < -0.4 is 19.5 Å². The Labute approximate surface area is 193 Å². The molecule has 0 atom stereocenters. The molecule has 1 N–H and O–H groups in total. The molecule has 0 aliphatic heterocycles. The number of carbonyl (C=O) groups excluding carboxylic acids is 1. The Kier molecular flexibility index (Phi) is 6.55. The Morgan fingerprint density at radius 3 is 2.67 bits per heavy atom. The molecule has 4 aromatic rings. The molecule has 0 spiro atoms. The average Bonchev–Trinajstić information content (AvgIpc) is 3.24. The summed E-state index contributed by atoms with van der Waals surface area (Å²) in [4.78, 5) is 12.2. The lowest BCUT2D eigenvalue weighted by atomic mass is 10.2. The van der Waals surface area contributed by atoms with E-state index in [1.807, 2.05) is 6.07 Å². The molecule has 4 rings (SSSR count). The molecule has 2 heterocycles. The molecule has 2 aromatic carbocycles. The summed E-state index contributed by atoms with van der Waals surface area (Å²) < 4.78 is 31.6. The van der Waals surface area contributed by atoms with Crippen molar-refractivity contribution in [3.8, 4) is 28.8 Å². The van der Waals surface area contributed by atoms with Gasteiger partial charge >= 0.3 is 0 Å². The number of ether oxygens (including phenoxy) is 3. The van der Waals surface area contributed by atoms with E-state index >= 15 is 0 Å². The molecule has 9 nitrogen and oxygen atoms in total. The molecular weight excluding hydrogens is 453 g/mol. The van der Waals surface area contributed by atoms with Crippen LogP contribution in [0.4, 0.5) is 4.39 Å². The first kappa shape index (κ1) is 22.3. The van der Waals surface area contributed by atoms with Gasteiger partial charge in [-0.2, -0.15) is 4.52 Å². The minimum Gasteiger partial charge on any atom is -0.493 e. The molecule has 33 heavy (non-hydrogen) atoms. The highest BCUT2D eigenvalue weighted by Gasteiger charge is 2.16. The van der Waals surface area contributed by atoms with Crippen LogP contribution in [-0.4, -0.2) is 53.1 Å². The van der Waals surface area contributed by atoms with Crippen molar-refractivity contribution < 1.29 is 23.4 Å².